The van der Waals surface area contributed by atoms with Gasteiger partial charge in [0.25, 0.3) is 11.6 Å². The van der Waals surface area contributed by atoms with Gasteiger partial charge < -0.3 is 24.1 Å². The summed E-state index contributed by atoms with van der Waals surface area (Å²) in [6.07, 6.45) is 0. The van der Waals surface area contributed by atoms with Gasteiger partial charge in [-0.25, -0.2) is 4.98 Å². The molecular weight excluding hydrogens is 488 g/mol. The number of nitro benzene ring substituents is 1. The second-order valence-electron chi connectivity index (χ2n) is 8.06. The summed E-state index contributed by atoms with van der Waals surface area (Å²) in [5, 5.41) is 14.9. The average Bonchev–Trinajstić information content (AvgIpc) is 3.32. The van der Waals surface area contributed by atoms with E-state index in [9.17, 15) is 14.9 Å². The van der Waals surface area contributed by atoms with E-state index in [4.69, 9.17) is 25.5 Å². The first-order valence-corrected chi connectivity index (χ1v) is 11.5. The van der Waals surface area contributed by atoms with E-state index in [0.29, 0.717) is 71.0 Å². The van der Waals surface area contributed by atoms with Gasteiger partial charge in [-0.3, -0.25) is 14.9 Å². The highest BCUT2D eigenvalue weighted by Gasteiger charge is 2.23. The number of rotatable bonds is 6. The molecule has 0 radical (unpaired) electrons. The summed E-state index contributed by atoms with van der Waals surface area (Å²) < 4.78 is 16.3. The third-order valence-corrected chi connectivity index (χ3v) is 6.13. The zero-order valence-corrected chi connectivity index (χ0v) is 19.9. The second-order valence-corrected chi connectivity index (χ2v) is 8.47. The zero-order chi connectivity index (χ0) is 25.2. The van der Waals surface area contributed by atoms with Crippen molar-refractivity contribution in [3.63, 3.8) is 0 Å². The van der Waals surface area contributed by atoms with Gasteiger partial charge in [-0.1, -0.05) is 11.6 Å². The first-order valence-electron chi connectivity index (χ1n) is 11.1. The molecule has 1 aliphatic heterocycles. The lowest BCUT2D eigenvalue weighted by Crippen LogP contribution is -2.36. The van der Waals surface area contributed by atoms with Gasteiger partial charge in [0.2, 0.25) is 5.89 Å². The van der Waals surface area contributed by atoms with Crippen LogP contribution < -0.4 is 15.0 Å². The third-order valence-electron chi connectivity index (χ3n) is 5.83. The van der Waals surface area contributed by atoms with Crippen LogP contribution in [0.1, 0.15) is 10.4 Å². The number of nitrogens with zero attached hydrogens (tertiary/aromatic N) is 3. The van der Waals surface area contributed by atoms with E-state index in [2.05, 4.69) is 10.3 Å². The molecule has 0 spiro atoms. The molecule has 1 aliphatic rings. The molecule has 11 heteroatoms. The number of anilines is 2. The molecular formula is C25H21ClN4O6. The molecule has 5 rings (SSSR count). The number of oxazole rings is 1. The van der Waals surface area contributed by atoms with Gasteiger partial charge in [0, 0.05) is 36.0 Å². The van der Waals surface area contributed by atoms with Crippen LogP contribution in [0.2, 0.25) is 5.02 Å². The van der Waals surface area contributed by atoms with E-state index in [0.717, 1.165) is 0 Å². The van der Waals surface area contributed by atoms with E-state index in [1.807, 2.05) is 4.90 Å². The van der Waals surface area contributed by atoms with Crippen LogP contribution >= 0.6 is 11.6 Å². The summed E-state index contributed by atoms with van der Waals surface area (Å²) >= 11 is 6.21. The van der Waals surface area contributed by atoms with Crippen molar-refractivity contribution in [2.75, 3.05) is 43.6 Å². The summed E-state index contributed by atoms with van der Waals surface area (Å²) in [5.41, 5.74) is 2.72. The zero-order valence-electron chi connectivity index (χ0n) is 19.2. The molecule has 0 unspecified atom stereocenters. The molecule has 10 nitrogen and oxygen atoms in total. The van der Waals surface area contributed by atoms with E-state index >= 15 is 0 Å². The van der Waals surface area contributed by atoms with Gasteiger partial charge in [-0.05, 0) is 48.5 Å². The monoisotopic (exact) mass is 508 g/mol. The molecule has 0 aliphatic carbocycles. The number of morpholine rings is 1. The maximum atomic E-state index is 12.9. The molecule has 1 saturated heterocycles. The van der Waals surface area contributed by atoms with E-state index < -0.39 is 10.8 Å². The highest BCUT2D eigenvalue weighted by Crippen LogP contribution is 2.33. The summed E-state index contributed by atoms with van der Waals surface area (Å²) in [7, 11) is 1.53. The molecule has 1 aromatic heterocycles. The minimum atomic E-state index is -0.476. The van der Waals surface area contributed by atoms with Gasteiger partial charge in [0.15, 0.2) is 5.58 Å². The Morgan fingerprint density at radius 1 is 1.14 bits per heavy atom. The number of aromatic nitrogens is 1. The largest absolute Gasteiger partial charge is 0.495 e. The number of ether oxygens (including phenoxy) is 2. The van der Waals surface area contributed by atoms with Crippen molar-refractivity contribution in [2.45, 2.75) is 0 Å². The predicted octanol–water partition coefficient (Wildman–Crippen LogP) is 5.15. The number of nitrogens with one attached hydrogen (secondary N) is 1. The number of methoxy groups -OCH3 is 1. The van der Waals surface area contributed by atoms with Crippen LogP contribution in [0.25, 0.3) is 22.6 Å². The van der Waals surface area contributed by atoms with Crippen LogP contribution in [-0.2, 0) is 4.74 Å². The second kappa shape index (κ2) is 9.84. The Morgan fingerprint density at radius 2 is 1.94 bits per heavy atom. The van der Waals surface area contributed by atoms with Crippen molar-refractivity contribution in [3.8, 4) is 17.2 Å². The maximum Gasteiger partial charge on any atom is 0.293 e. The SMILES string of the molecule is COc1ccc(-c2nc3cc(NC(=O)c4ccc(N5CCOCC5)c([N+](=O)[O-])c4)ccc3o2)cc1Cl. The predicted molar refractivity (Wildman–Crippen MR) is 135 cm³/mol. The van der Waals surface area contributed by atoms with Gasteiger partial charge in [-0.2, -0.15) is 0 Å². The van der Waals surface area contributed by atoms with Crippen LogP contribution in [0.4, 0.5) is 17.1 Å². The smallest absolute Gasteiger partial charge is 0.293 e. The van der Waals surface area contributed by atoms with Crippen molar-refractivity contribution in [2.24, 2.45) is 0 Å². The number of hydrogen-bond acceptors (Lipinski definition) is 8. The quantitative estimate of drug-likeness (QED) is 0.280. The number of amides is 1. The lowest BCUT2D eigenvalue weighted by atomic mass is 10.1. The Morgan fingerprint density at radius 3 is 2.67 bits per heavy atom. The number of nitro groups is 1. The topological polar surface area (TPSA) is 120 Å². The van der Waals surface area contributed by atoms with Gasteiger partial charge in [0.05, 0.1) is 30.3 Å². The molecule has 0 bridgehead atoms. The summed E-state index contributed by atoms with van der Waals surface area (Å²) in [6, 6.07) is 14.7. The highest BCUT2D eigenvalue weighted by atomic mass is 35.5. The highest BCUT2D eigenvalue weighted by molar-refractivity contribution is 6.32. The Balaban J connectivity index is 1.37. The standard InChI is InChI=1S/C25H21ClN4O6/c1-34-22-6-3-16(12-18(22)26)25-28-19-14-17(4-7-23(19)36-25)27-24(31)15-2-5-20(21(13-15)30(32)33)29-8-10-35-11-9-29/h2-7,12-14H,8-11H2,1H3,(H,27,31). The molecule has 1 fully saturated rings. The molecule has 2 heterocycles. The van der Waals surface area contributed by atoms with E-state index in [-0.39, 0.29) is 11.3 Å². The van der Waals surface area contributed by atoms with Crippen LogP contribution in [0.3, 0.4) is 0 Å². The Kier molecular flexibility index (Phi) is 6.45. The first-order chi connectivity index (χ1) is 17.4. The number of hydrogen-bond donors (Lipinski definition) is 1. The average molecular weight is 509 g/mol. The fraction of sp³-hybridized carbons (Fsp3) is 0.200. The van der Waals surface area contributed by atoms with Crippen LogP contribution in [0.5, 0.6) is 5.75 Å². The minimum absolute atomic E-state index is 0.126. The van der Waals surface area contributed by atoms with Gasteiger partial charge in [-0.15, -0.1) is 0 Å². The number of halogens is 1. The lowest BCUT2D eigenvalue weighted by molar-refractivity contribution is -0.384. The van der Waals surface area contributed by atoms with Crippen LogP contribution in [0, 0.1) is 10.1 Å². The van der Waals surface area contributed by atoms with Crippen molar-refractivity contribution < 1.29 is 23.6 Å². The summed E-state index contributed by atoms with van der Waals surface area (Å²) in [4.78, 5) is 30.5. The molecule has 4 aromatic rings. The normalized spacial score (nSPS) is 13.6. The molecule has 0 atom stereocenters. The van der Waals surface area contributed by atoms with E-state index in [1.54, 1.807) is 48.5 Å². The Labute approximate surface area is 210 Å². The van der Waals surface area contributed by atoms with Crippen molar-refractivity contribution in [3.05, 3.63) is 75.3 Å². The molecule has 3 aromatic carbocycles. The minimum Gasteiger partial charge on any atom is -0.495 e. The Bertz CT molecular complexity index is 1460. The third kappa shape index (κ3) is 4.68. The van der Waals surface area contributed by atoms with Crippen molar-refractivity contribution >= 4 is 45.7 Å². The molecule has 36 heavy (non-hydrogen) atoms. The van der Waals surface area contributed by atoms with Crippen molar-refractivity contribution in [1.29, 1.82) is 0 Å². The van der Waals surface area contributed by atoms with Gasteiger partial charge in [0.1, 0.15) is 17.0 Å². The Hall–Kier alpha value is -4.15. The number of carbonyl (C=O) groups is 1. The lowest BCUT2D eigenvalue weighted by Gasteiger charge is -2.28. The number of fused-ring (bicyclic) bond motifs is 1. The summed E-state index contributed by atoms with van der Waals surface area (Å²) in [6.45, 7) is 2.10. The fourth-order valence-corrected chi connectivity index (χ4v) is 4.27. The first kappa shape index (κ1) is 23.6. The summed E-state index contributed by atoms with van der Waals surface area (Å²) in [5.74, 6) is 0.434. The fourth-order valence-electron chi connectivity index (χ4n) is 4.01. The van der Waals surface area contributed by atoms with Crippen LogP contribution in [-0.4, -0.2) is 49.2 Å². The van der Waals surface area contributed by atoms with E-state index in [1.165, 1.54) is 13.2 Å². The molecule has 1 amide bonds. The van der Waals surface area contributed by atoms with Gasteiger partial charge >= 0.3 is 0 Å². The maximum absolute atomic E-state index is 12.9. The molecule has 0 saturated carbocycles. The van der Waals surface area contributed by atoms with Crippen LogP contribution in [0.15, 0.2) is 59.0 Å². The molecule has 184 valence electrons. The number of carbonyl (C=O) groups excluding carboxylic acids is 1. The molecule has 1 N–H and O–H groups in total. The van der Waals surface area contributed by atoms with Crippen molar-refractivity contribution in [1.82, 2.24) is 4.98 Å². The number of benzene rings is 3.